The molecule has 2 aromatic carbocycles. The average molecular weight is 383 g/mol. The fourth-order valence-electron chi connectivity index (χ4n) is 5.45. The van der Waals surface area contributed by atoms with Gasteiger partial charge in [0.1, 0.15) is 0 Å². The summed E-state index contributed by atoms with van der Waals surface area (Å²) in [7, 11) is 0. The van der Waals surface area contributed by atoms with E-state index in [1.54, 1.807) is 12.1 Å². The summed E-state index contributed by atoms with van der Waals surface area (Å²) >= 11 is 0. The summed E-state index contributed by atoms with van der Waals surface area (Å²) < 4.78 is 28.5. The number of rotatable bonds is 2. The van der Waals surface area contributed by atoms with E-state index in [1.807, 2.05) is 35.2 Å². The molecule has 4 heterocycles. The van der Waals surface area contributed by atoms with Gasteiger partial charge >= 0.3 is 6.03 Å². The molecule has 4 saturated heterocycles. The van der Waals surface area contributed by atoms with E-state index in [4.69, 9.17) is 0 Å². The first-order valence-electron chi connectivity index (χ1n) is 9.94. The number of carbonyl (C=O) groups is 1. The molecule has 0 saturated carbocycles. The van der Waals surface area contributed by atoms with E-state index >= 15 is 0 Å². The minimum Gasteiger partial charge on any atom is -0.319 e. The van der Waals surface area contributed by atoms with E-state index in [-0.39, 0.29) is 24.0 Å². The van der Waals surface area contributed by atoms with Gasteiger partial charge in [0.2, 0.25) is 0 Å². The summed E-state index contributed by atoms with van der Waals surface area (Å²) in [5.41, 5.74) is 1.13. The Bertz CT molecular complexity index is 883. The minimum atomic E-state index is -0.822. The fourth-order valence-corrected chi connectivity index (χ4v) is 5.45. The van der Waals surface area contributed by atoms with E-state index in [0.29, 0.717) is 18.0 Å². The highest BCUT2D eigenvalue weighted by atomic mass is 19.2. The second-order valence-corrected chi connectivity index (χ2v) is 8.05. The molecule has 6 heteroatoms. The number of likely N-dealkylation sites (tertiary alicyclic amines) is 1. The number of para-hydroxylation sites is 1. The monoisotopic (exact) mass is 383 g/mol. The molecule has 0 aliphatic carbocycles. The zero-order valence-electron chi connectivity index (χ0n) is 15.5. The van der Waals surface area contributed by atoms with Crippen LogP contribution in [0, 0.1) is 17.6 Å². The zero-order valence-corrected chi connectivity index (χ0v) is 15.5. The summed E-state index contributed by atoms with van der Waals surface area (Å²) in [6, 6.07) is 13.7. The van der Waals surface area contributed by atoms with Gasteiger partial charge in [-0.25, -0.2) is 13.6 Å². The van der Waals surface area contributed by atoms with Gasteiger partial charge in [-0.3, -0.25) is 4.90 Å². The Balaban J connectivity index is 1.49. The normalized spacial score (nSPS) is 30.9. The van der Waals surface area contributed by atoms with Crippen molar-refractivity contribution >= 4 is 11.7 Å². The van der Waals surface area contributed by atoms with Crippen molar-refractivity contribution in [1.82, 2.24) is 9.80 Å². The number of urea groups is 1. The van der Waals surface area contributed by atoms with Crippen molar-refractivity contribution in [1.29, 1.82) is 0 Å². The van der Waals surface area contributed by atoms with Gasteiger partial charge in [0.05, 0.1) is 6.04 Å². The number of hydrogen-bond donors (Lipinski definition) is 1. The molecule has 4 fully saturated rings. The van der Waals surface area contributed by atoms with Crippen LogP contribution in [0.15, 0.2) is 48.5 Å². The summed E-state index contributed by atoms with van der Waals surface area (Å²) in [4.78, 5) is 17.3. The van der Waals surface area contributed by atoms with Crippen LogP contribution in [0.3, 0.4) is 0 Å². The molecule has 2 amide bonds. The number of nitrogens with zero attached hydrogens (tertiary/aromatic N) is 2. The number of halogens is 2. The van der Waals surface area contributed by atoms with Crippen LogP contribution in [0.5, 0.6) is 0 Å². The summed E-state index contributed by atoms with van der Waals surface area (Å²) in [5, 5.41) is 2.98. The van der Waals surface area contributed by atoms with Crippen molar-refractivity contribution < 1.29 is 13.6 Å². The molecule has 4 aliphatic heterocycles. The largest absolute Gasteiger partial charge is 0.322 e. The van der Waals surface area contributed by atoms with Gasteiger partial charge in [-0.1, -0.05) is 30.3 Å². The highest BCUT2D eigenvalue weighted by Crippen LogP contribution is 2.47. The molecule has 0 unspecified atom stereocenters. The molecular weight excluding hydrogens is 360 g/mol. The zero-order chi connectivity index (χ0) is 19.3. The standard InChI is InChI=1S/C22H23F2N3O/c23-18-8-4-7-16(19(18)24)17-13-27(22(28)25-15-5-2-1-3-6-15)20-14-9-11-26(12-10-14)21(17)20/h1-8,14,17,20-21H,9-13H2,(H,25,28)/t17-,20+,21+/m0/s1. The molecular formula is C22H23F2N3O. The third-order valence-corrected chi connectivity index (χ3v) is 6.66. The van der Waals surface area contributed by atoms with Crippen molar-refractivity contribution in [2.75, 3.05) is 25.0 Å². The summed E-state index contributed by atoms with van der Waals surface area (Å²) in [6.07, 6.45) is 2.10. The summed E-state index contributed by atoms with van der Waals surface area (Å²) in [6.45, 7) is 2.34. The Kier molecular flexibility index (Phi) is 4.31. The lowest BCUT2D eigenvalue weighted by molar-refractivity contribution is 0.00469. The quantitative estimate of drug-likeness (QED) is 0.849. The van der Waals surface area contributed by atoms with Gasteiger partial charge in [0.25, 0.3) is 0 Å². The third kappa shape index (κ3) is 2.78. The molecule has 0 aromatic heterocycles. The van der Waals surface area contributed by atoms with Gasteiger partial charge in [-0.2, -0.15) is 0 Å². The van der Waals surface area contributed by atoms with Crippen molar-refractivity contribution in [2.45, 2.75) is 30.8 Å². The second-order valence-electron chi connectivity index (χ2n) is 8.05. The lowest BCUT2D eigenvalue weighted by Gasteiger charge is -2.51. The molecule has 0 spiro atoms. The molecule has 1 N–H and O–H groups in total. The Morgan fingerprint density at radius 2 is 1.71 bits per heavy atom. The first kappa shape index (κ1) is 17.6. The van der Waals surface area contributed by atoms with E-state index in [0.717, 1.165) is 37.7 Å². The third-order valence-electron chi connectivity index (χ3n) is 6.66. The minimum absolute atomic E-state index is 0.0406. The number of piperidine rings is 3. The molecule has 2 aromatic rings. The molecule has 4 nitrogen and oxygen atoms in total. The van der Waals surface area contributed by atoms with Crippen LogP contribution in [-0.4, -0.2) is 47.5 Å². The van der Waals surface area contributed by atoms with Crippen LogP contribution in [0.2, 0.25) is 0 Å². The first-order chi connectivity index (χ1) is 13.6. The van der Waals surface area contributed by atoms with E-state index < -0.39 is 11.6 Å². The van der Waals surface area contributed by atoms with Crippen molar-refractivity contribution in [2.24, 2.45) is 5.92 Å². The van der Waals surface area contributed by atoms with Crippen molar-refractivity contribution in [3.63, 3.8) is 0 Å². The summed E-state index contributed by atoms with van der Waals surface area (Å²) in [5.74, 6) is -1.40. The topological polar surface area (TPSA) is 35.6 Å². The Morgan fingerprint density at radius 3 is 2.46 bits per heavy atom. The maximum absolute atomic E-state index is 14.6. The van der Waals surface area contributed by atoms with E-state index in [9.17, 15) is 13.6 Å². The van der Waals surface area contributed by atoms with Gasteiger partial charge in [-0.15, -0.1) is 0 Å². The van der Waals surface area contributed by atoms with Crippen LogP contribution in [0.4, 0.5) is 19.3 Å². The van der Waals surface area contributed by atoms with E-state index in [1.165, 1.54) is 0 Å². The number of amides is 2. The molecule has 6 rings (SSSR count). The van der Waals surface area contributed by atoms with E-state index in [2.05, 4.69) is 10.2 Å². The fraction of sp³-hybridized carbons (Fsp3) is 0.409. The van der Waals surface area contributed by atoms with Crippen LogP contribution < -0.4 is 5.32 Å². The molecule has 0 radical (unpaired) electrons. The number of benzene rings is 2. The van der Waals surface area contributed by atoms with Crippen LogP contribution >= 0.6 is 0 Å². The molecule has 4 aliphatic rings. The number of anilines is 1. The van der Waals surface area contributed by atoms with Crippen molar-refractivity contribution in [3.05, 3.63) is 65.7 Å². The van der Waals surface area contributed by atoms with Gasteiger partial charge in [-0.05, 0) is 55.6 Å². The van der Waals surface area contributed by atoms with Crippen LogP contribution in [0.25, 0.3) is 0 Å². The number of fused-ring (bicyclic) bond motifs is 2. The number of hydrogen-bond acceptors (Lipinski definition) is 2. The second kappa shape index (κ2) is 6.85. The molecule has 146 valence electrons. The van der Waals surface area contributed by atoms with Crippen LogP contribution in [0.1, 0.15) is 24.3 Å². The Hall–Kier alpha value is -2.47. The van der Waals surface area contributed by atoms with Crippen LogP contribution in [-0.2, 0) is 0 Å². The average Bonchev–Trinajstić information content (AvgIpc) is 3.15. The Labute approximate surface area is 163 Å². The first-order valence-corrected chi connectivity index (χ1v) is 9.94. The Morgan fingerprint density at radius 1 is 0.964 bits per heavy atom. The number of carbonyl (C=O) groups excluding carboxylic acids is 1. The lowest BCUT2D eigenvalue weighted by atomic mass is 9.75. The number of nitrogens with one attached hydrogen (secondary N) is 1. The highest BCUT2D eigenvalue weighted by Gasteiger charge is 2.55. The molecule has 3 atom stereocenters. The van der Waals surface area contributed by atoms with Crippen molar-refractivity contribution in [3.8, 4) is 0 Å². The highest BCUT2D eigenvalue weighted by molar-refractivity contribution is 5.90. The molecule has 2 bridgehead atoms. The molecule has 28 heavy (non-hydrogen) atoms. The maximum atomic E-state index is 14.6. The predicted octanol–water partition coefficient (Wildman–Crippen LogP) is 4.06. The smallest absolute Gasteiger partial charge is 0.319 e. The van der Waals surface area contributed by atoms with Gasteiger partial charge < -0.3 is 10.2 Å². The van der Waals surface area contributed by atoms with Gasteiger partial charge in [0.15, 0.2) is 11.6 Å². The predicted molar refractivity (Wildman–Crippen MR) is 103 cm³/mol. The van der Waals surface area contributed by atoms with Gasteiger partial charge in [0, 0.05) is 24.2 Å². The lowest BCUT2D eigenvalue weighted by Crippen LogP contribution is -2.61. The SMILES string of the molecule is O=C(Nc1ccccc1)N1C[C@@H](c2cccc(F)c2F)[C@@H]2[C@H]1C1CCN2CC1. The maximum Gasteiger partial charge on any atom is 0.322 e.